The second kappa shape index (κ2) is 5.43. The maximum absolute atomic E-state index is 12.0. The predicted octanol–water partition coefficient (Wildman–Crippen LogP) is 1.82. The van der Waals surface area contributed by atoms with E-state index in [-0.39, 0.29) is 5.91 Å². The summed E-state index contributed by atoms with van der Waals surface area (Å²) in [5.41, 5.74) is 9.02. The van der Waals surface area contributed by atoms with Gasteiger partial charge in [-0.15, -0.1) is 0 Å². The Morgan fingerprint density at radius 2 is 2.21 bits per heavy atom. The lowest BCUT2D eigenvalue weighted by molar-refractivity contribution is -0.122. The van der Waals surface area contributed by atoms with Gasteiger partial charge in [0.05, 0.1) is 12.4 Å². The van der Waals surface area contributed by atoms with Crippen LogP contribution in [-0.4, -0.2) is 29.7 Å². The topological polar surface area (TPSA) is 58.7 Å². The average Bonchev–Trinajstić information content (AvgIpc) is 2.78. The van der Waals surface area contributed by atoms with E-state index < -0.39 is 6.04 Å². The molecule has 0 radical (unpaired) electrons. The third-order valence-corrected chi connectivity index (χ3v) is 3.75. The SMILES string of the molecule is CCc1cccc(C)c1C(C(N)=O)N1CCN=C1C. The summed E-state index contributed by atoms with van der Waals surface area (Å²) in [6.45, 7) is 7.57. The quantitative estimate of drug-likeness (QED) is 0.896. The van der Waals surface area contributed by atoms with Crippen molar-refractivity contribution in [2.45, 2.75) is 33.2 Å². The highest BCUT2D eigenvalue weighted by atomic mass is 16.1. The van der Waals surface area contributed by atoms with Crippen LogP contribution in [-0.2, 0) is 11.2 Å². The summed E-state index contributed by atoms with van der Waals surface area (Å²) >= 11 is 0. The number of hydrogen-bond donors (Lipinski definition) is 1. The Hall–Kier alpha value is -1.84. The van der Waals surface area contributed by atoms with Gasteiger partial charge in [-0.05, 0) is 37.0 Å². The molecule has 0 aromatic heterocycles. The number of nitrogens with zero attached hydrogens (tertiary/aromatic N) is 2. The van der Waals surface area contributed by atoms with Crippen molar-refractivity contribution in [2.75, 3.05) is 13.1 Å². The van der Waals surface area contributed by atoms with Crippen LogP contribution in [0, 0.1) is 6.92 Å². The molecule has 1 aromatic rings. The molecule has 0 saturated heterocycles. The van der Waals surface area contributed by atoms with Gasteiger partial charge in [-0.3, -0.25) is 9.79 Å². The zero-order valence-corrected chi connectivity index (χ0v) is 11.8. The first-order valence-corrected chi connectivity index (χ1v) is 6.71. The molecule has 1 aliphatic rings. The van der Waals surface area contributed by atoms with Gasteiger partial charge in [0.2, 0.25) is 5.91 Å². The largest absolute Gasteiger partial charge is 0.368 e. The van der Waals surface area contributed by atoms with E-state index in [2.05, 4.69) is 18.0 Å². The van der Waals surface area contributed by atoms with Gasteiger partial charge >= 0.3 is 0 Å². The van der Waals surface area contributed by atoms with Crippen molar-refractivity contribution in [3.8, 4) is 0 Å². The minimum absolute atomic E-state index is 0.305. The van der Waals surface area contributed by atoms with Crippen LogP contribution in [0.1, 0.15) is 36.6 Å². The molecule has 2 N–H and O–H groups in total. The number of aliphatic imine (C=N–C) groups is 1. The monoisotopic (exact) mass is 259 g/mol. The van der Waals surface area contributed by atoms with Crippen molar-refractivity contribution in [1.29, 1.82) is 0 Å². The smallest absolute Gasteiger partial charge is 0.244 e. The van der Waals surface area contributed by atoms with Crippen LogP contribution in [0.2, 0.25) is 0 Å². The van der Waals surface area contributed by atoms with E-state index in [1.54, 1.807) is 0 Å². The zero-order valence-electron chi connectivity index (χ0n) is 11.8. The Morgan fingerprint density at radius 3 is 2.74 bits per heavy atom. The Kier molecular flexibility index (Phi) is 3.88. The summed E-state index contributed by atoms with van der Waals surface area (Å²) in [5, 5.41) is 0. The molecule has 0 aliphatic carbocycles. The van der Waals surface area contributed by atoms with Crippen molar-refractivity contribution < 1.29 is 4.79 Å². The fourth-order valence-electron chi connectivity index (χ4n) is 2.78. The molecule has 0 saturated carbocycles. The summed E-state index contributed by atoms with van der Waals surface area (Å²) in [6.07, 6.45) is 0.894. The summed E-state index contributed by atoms with van der Waals surface area (Å²) in [5.74, 6) is 0.592. The van der Waals surface area contributed by atoms with Gasteiger partial charge in [-0.2, -0.15) is 0 Å². The van der Waals surface area contributed by atoms with Crippen molar-refractivity contribution in [2.24, 2.45) is 10.7 Å². The van der Waals surface area contributed by atoms with Crippen LogP contribution in [0.4, 0.5) is 0 Å². The summed E-state index contributed by atoms with van der Waals surface area (Å²) in [7, 11) is 0. The second-order valence-electron chi connectivity index (χ2n) is 4.93. The lowest BCUT2D eigenvalue weighted by Crippen LogP contribution is -2.40. The van der Waals surface area contributed by atoms with Crippen LogP contribution >= 0.6 is 0 Å². The molecule has 1 amide bonds. The molecule has 0 bridgehead atoms. The fourth-order valence-corrected chi connectivity index (χ4v) is 2.78. The molecule has 0 spiro atoms. The Labute approximate surface area is 114 Å². The van der Waals surface area contributed by atoms with E-state index >= 15 is 0 Å². The van der Waals surface area contributed by atoms with E-state index in [0.717, 1.165) is 36.5 Å². The van der Waals surface area contributed by atoms with E-state index in [1.165, 1.54) is 5.56 Å². The number of amidine groups is 1. The van der Waals surface area contributed by atoms with E-state index in [4.69, 9.17) is 5.73 Å². The second-order valence-corrected chi connectivity index (χ2v) is 4.93. The maximum Gasteiger partial charge on any atom is 0.244 e. The Bertz CT molecular complexity index is 522. The van der Waals surface area contributed by atoms with Gasteiger partial charge in [0.25, 0.3) is 0 Å². The first kappa shape index (κ1) is 13.6. The van der Waals surface area contributed by atoms with Crippen LogP contribution < -0.4 is 5.73 Å². The van der Waals surface area contributed by atoms with Crippen LogP contribution in [0.15, 0.2) is 23.2 Å². The number of carbonyl (C=O) groups excluding carboxylic acids is 1. The first-order chi connectivity index (χ1) is 9.06. The number of hydrogen-bond acceptors (Lipinski definition) is 3. The van der Waals surface area contributed by atoms with E-state index in [1.807, 2.05) is 30.9 Å². The number of carbonyl (C=O) groups is 1. The summed E-state index contributed by atoms with van der Waals surface area (Å²) < 4.78 is 0. The number of nitrogens with two attached hydrogens (primary N) is 1. The number of rotatable bonds is 4. The van der Waals surface area contributed by atoms with Gasteiger partial charge in [0.15, 0.2) is 0 Å². The molecule has 2 rings (SSSR count). The Morgan fingerprint density at radius 1 is 1.47 bits per heavy atom. The number of benzene rings is 1. The van der Waals surface area contributed by atoms with Gasteiger partial charge in [-0.1, -0.05) is 25.1 Å². The summed E-state index contributed by atoms with van der Waals surface area (Å²) in [4.78, 5) is 18.4. The maximum atomic E-state index is 12.0. The average molecular weight is 259 g/mol. The highest BCUT2D eigenvalue weighted by Gasteiger charge is 2.31. The molecule has 1 aliphatic heterocycles. The van der Waals surface area contributed by atoms with Crippen LogP contribution in [0.5, 0.6) is 0 Å². The standard InChI is InChI=1S/C15H21N3O/c1-4-12-7-5-6-10(2)13(12)14(15(16)19)18-9-8-17-11(18)3/h5-7,14H,4,8-9H2,1-3H3,(H2,16,19). The van der Waals surface area contributed by atoms with Crippen molar-refractivity contribution >= 4 is 11.7 Å². The minimum atomic E-state index is -0.401. The van der Waals surface area contributed by atoms with E-state index in [9.17, 15) is 4.79 Å². The van der Waals surface area contributed by atoms with Crippen molar-refractivity contribution in [3.05, 3.63) is 34.9 Å². The number of aryl methyl sites for hydroxylation is 2. The van der Waals surface area contributed by atoms with Crippen molar-refractivity contribution in [3.63, 3.8) is 0 Å². The lowest BCUT2D eigenvalue weighted by Gasteiger charge is -2.30. The molecular weight excluding hydrogens is 238 g/mol. The van der Waals surface area contributed by atoms with Gasteiger partial charge in [-0.25, -0.2) is 0 Å². The molecule has 1 atom stereocenters. The first-order valence-electron chi connectivity index (χ1n) is 6.71. The van der Waals surface area contributed by atoms with Gasteiger partial charge < -0.3 is 10.6 Å². The zero-order chi connectivity index (χ0) is 14.0. The molecule has 0 fully saturated rings. The lowest BCUT2D eigenvalue weighted by atomic mass is 9.92. The van der Waals surface area contributed by atoms with Crippen molar-refractivity contribution in [1.82, 2.24) is 4.90 Å². The molecule has 102 valence electrons. The molecule has 1 unspecified atom stereocenters. The Balaban J connectivity index is 2.51. The van der Waals surface area contributed by atoms with E-state index in [0.29, 0.717) is 0 Å². The third-order valence-electron chi connectivity index (χ3n) is 3.75. The highest BCUT2D eigenvalue weighted by Crippen LogP contribution is 2.29. The summed E-state index contributed by atoms with van der Waals surface area (Å²) in [6, 6.07) is 5.73. The molecular formula is C15H21N3O. The van der Waals surface area contributed by atoms with Crippen LogP contribution in [0.25, 0.3) is 0 Å². The molecule has 19 heavy (non-hydrogen) atoms. The van der Waals surface area contributed by atoms with Crippen LogP contribution in [0.3, 0.4) is 0 Å². The molecule has 1 heterocycles. The normalized spacial score (nSPS) is 16.4. The molecule has 4 nitrogen and oxygen atoms in total. The number of amides is 1. The molecule has 4 heteroatoms. The number of primary amides is 1. The van der Waals surface area contributed by atoms with Gasteiger partial charge in [0.1, 0.15) is 6.04 Å². The van der Waals surface area contributed by atoms with Gasteiger partial charge in [0, 0.05) is 6.54 Å². The highest BCUT2D eigenvalue weighted by molar-refractivity contribution is 5.90. The third kappa shape index (κ3) is 2.48. The minimum Gasteiger partial charge on any atom is -0.368 e. The predicted molar refractivity (Wildman–Crippen MR) is 77.2 cm³/mol. The molecule has 1 aromatic carbocycles. The fraction of sp³-hybridized carbons (Fsp3) is 0.467.